The number of hydrogen-bond donors (Lipinski definition) is 0. The van der Waals surface area contributed by atoms with Crippen LogP contribution in [0.2, 0.25) is 0 Å². The smallest absolute Gasteiger partial charge is 0.377 e. The Hall–Kier alpha value is -1.50. The van der Waals surface area contributed by atoms with Crippen LogP contribution >= 0.6 is 15.9 Å². The maximum absolute atomic E-state index is 14.2. The molecule has 7 heteroatoms. The fourth-order valence-corrected chi connectivity index (χ4v) is 2.62. The molecule has 4 nitrogen and oxygen atoms in total. The molecule has 0 aliphatic heterocycles. The maximum Gasteiger partial charge on any atom is 0.377 e. The van der Waals surface area contributed by atoms with Crippen molar-refractivity contribution in [3.63, 3.8) is 0 Å². The van der Waals surface area contributed by atoms with Gasteiger partial charge in [0, 0.05) is 0 Å². The van der Waals surface area contributed by atoms with Crippen LogP contribution in [0, 0.1) is 0 Å². The van der Waals surface area contributed by atoms with Gasteiger partial charge in [0.1, 0.15) is 6.10 Å². The summed E-state index contributed by atoms with van der Waals surface area (Å²) in [5.74, 6) is -6.07. The molecular formula is C18H23BrF2O4. The number of alkyl halides is 3. The van der Waals surface area contributed by atoms with Crippen molar-refractivity contribution in [3.8, 4) is 0 Å². The average Bonchev–Trinajstić information content (AvgIpc) is 2.61. The van der Waals surface area contributed by atoms with Crippen LogP contribution in [0.3, 0.4) is 0 Å². The predicted octanol–water partition coefficient (Wildman–Crippen LogP) is 4.75. The second-order valence-corrected chi connectivity index (χ2v) is 7.21. The number of hydrogen-bond acceptors (Lipinski definition) is 4. The molecule has 0 aromatic heterocycles. The van der Waals surface area contributed by atoms with Gasteiger partial charge < -0.3 is 9.47 Å². The molecule has 0 radical (unpaired) electrons. The van der Waals surface area contributed by atoms with Crippen LogP contribution in [0.4, 0.5) is 8.78 Å². The van der Waals surface area contributed by atoms with E-state index in [0.717, 1.165) is 0 Å². The molecule has 140 valence electrons. The molecule has 0 aliphatic rings. The van der Waals surface area contributed by atoms with Crippen LogP contribution in [0.1, 0.15) is 50.4 Å². The van der Waals surface area contributed by atoms with Gasteiger partial charge >= 0.3 is 17.9 Å². The Morgan fingerprint density at radius 2 is 1.68 bits per heavy atom. The molecule has 0 saturated carbocycles. The molecule has 0 amide bonds. The first-order chi connectivity index (χ1) is 11.7. The second-order valence-electron chi connectivity index (χ2n) is 5.63. The van der Waals surface area contributed by atoms with E-state index in [1.807, 2.05) is 0 Å². The molecule has 25 heavy (non-hydrogen) atoms. The number of carbonyl (C=O) groups excluding carboxylic acids is 2. The van der Waals surface area contributed by atoms with Crippen molar-refractivity contribution in [2.24, 2.45) is 0 Å². The zero-order valence-electron chi connectivity index (χ0n) is 14.6. The van der Waals surface area contributed by atoms with Gasteiger partial charge in [-0.1, -0.05) is 48.0 Å². The summed E-state index contributed by atoms with van der Waals surface area (Å²) in [6.07, 6.45) is -1.27. The van der Waals surface area contributed by atoms with E-state index in [9.17, 15) is 18.4 Å². The fraction of sp³-hybridized carbons (Fsp3) is 0.556. The molecule has 0 heterocycles. The Labute approximate surface area is 155 Å². The Kier molecular flexibility index (Phi) is 7.99. The van der Waals surface area contributed by atoms with Crippen LogP contribution in [-0.2, 0) is 14.3 Å². The highest BCUT2D eigenvalue weighted by Crippen LogP contribution is 2.38. The molecule has 1 atom stereocenters. The van der Waals surface area contributed by atoms with Gasteiger partial charge in [0.15, 0.2) is 0 Å². The van der Waals surface area contributed by atoms with Crippen LogP contribution in [-0.4, -0.2) is 34.9 Å². The minimum Gasteiger partial charge on any atom is -0.462 e. The zero-order chi connectivity index (χ0) is 19.1. The van der Waals surface area contributed by atoms with Gasteiger partial charge in [-0.05, 0) is 31.9 Å². The molecule has 0 fully saturated rings. The topological polar surface area (TPSA) is 52.6 Å². The Balaban J connectivity index is 3.05. The van der Waals surface area contributed by atoms with Crippen molar-refractivity contribution in [3.05, 3.63) is 35.9 Å². The van der Waals surface area contributed by atoms with E-state index in [2.05, 4.69) is 20.7 Å². The van der Waals surface area contributed by atoms with Gasteiger partial charge in [-0.25, -0.2) is 9.59 Å². The molecule has 0 aliphatic carbocycles. The third-order valence-electron chi connectivity index (χ3n) is 4.03. The summed E-state index contributed by atoms with van der Waals surface area (Å²) >= 11 is 3.43. The molecule has 0 bridgehead atoms. The summed E-state index contributed by atoms with van der Waals surface area (Å²) in [5.41, 5.74) is 0.258. The summed E-state index contributed by atoms with van der Waals surface area (Å²) in [5, 5.41) is 0. The van der Waals surface area contributed by atoms with E-state index in [4.69, 9.17) is 4.74 Å². The van der Waals surface area contributed by atoms with Crippen molar-refractivity contribution >= 4 is 27.9 Å². The minimum absolute atomic E-state index is 0.149. The molecule has 1 unspecified atom stereocenters. The first-order valence-corrected chi connectivity index (χ1v) is 8.99. The third-order valence-corrected chi connectivity index (χ3v) is 5.66. The SMILES string of the molecule is CCOC(=O)C(F)(F)CC(OC(=O)c1ccccc1)C(Br)(CC)CC. The predicted molar refractivity (Wildman–Crippen MR) is 94.1 cm³/mol. The Morgan fingerprint density at radius 1 is 1.12 bits per heavy atom. The third kappa shape index (κ3) is 5.76. The van der Waals surface area contributed by atoms with Crippen molar-refractivity contribution in [1.82, 2.24) is 0 Å². The summed E-state index contributed by atoms with van der Waals surface area (Å²) in [6, 6.07) is 8.11. The standard InChI is InChI=1S/C18H23BrF2O4/c1-4-17(19,5-2)14(12-18(20,21)16(23)24-6-3)25-15(22)13-10-8-7-9-11-13/h7-11,14H,4-6,12H2,1-3H3. The lowest BCUT2D eigenvalue weighted by Gasteiger charge is -2.35. The lowest BCUT2D eigenvalue weighted by molar-refractivity contribution is -0.176. The van der Waals surface area contributed by atoms with Gasteiger partial charge in [-0.15, -0.1) is 0 Å². The summed E-state index contributed by atoms with van der Waals surface area (Å²) in [6.45, 7) is 4.89. The maximum atomic E-state index is 14.2. The van der Waals surface area contributed by atoms with Gasteiger partial charge in [0.25, 0.3) is 0 Å². The highest BCUT2D eigenvalue weighted by molar-refractivity contribution is 9.10. The van der Waals surface area contributed by atoms with Crippen molar-refractivity contribution < 1.29 is 27.8 Å². The van der Waals surface area contributed by atoms with Crippen LogP contribution in [0.25, 0.3) is 0 Å². The molecule has 1 rings (SSSR count). The van der Waals surface area contributed by atoms with E-state index < -0.39 is 34.7 Å². The number of ether oxygens (including phenoxy) is 2. The molecule has 0 spiro atoms. The molecule has 1 aromatic carbocycles. The van der Waals surface area contributed by atoms with Gasteiger partial charge in [0.2, 0.25) is 0 Å². The highest BCUT2D eigenvalue weighted by atomic mass is 79.9. The van der Waals surface area contributed by atoms with Crippen LogP contribution in [0.5, 0.6) is 0 Å². The first kappa shape index (κ1) is 21.5. The van der Waals surface area contributed by atoms with E-state index in [1.54, 1.807) is 32.0 Å². The van der Waals surface area contributed by atoms with E-state index in [0.29, 0.717) is 12.8 Å². The van der Waals surface area contributed by atoms with Gasteiger partial charge in [-0.2, -0.15) is 8.78 Å². The molecule has 1 aromatic rings. The largest absolute Gasteiger partial charge is 0.462 e. The van der Waals surface area contributed by atoms with Crippen LogP contribution in [0.15, 0.2) is 30.3 Å². The van der Waals surface area contributed by atoms with Crippen molar-refractivity contribution in [2.75, 3.05) is 6.61 Å². The second kappa shape index (κ2) is 9.27. The first-order valence-electron chi connectivity index (χ1n) is 8.20. The lowest BCUT2D eigenvalue weighted by atomic mass is 9.91. The minimum atomic E-state index is -3.75. The Morgan fingerprint density at radius 3 is 2.16 bits per heavy atom. The van der Waals surface area contributed by atoms with Gasteiger partial charge in [0.05, 0.1) is 22.9 Å². The quantitative estimate of drug-likeness (QED) is 0.427. The molecular weight excluding hydrogens is 398 g/mol. The van der Waals surface area contributed by atoms with Gasteiger partial charge in [-0.3, -0.25) is 0 Å². The zero-order valence-corrected chi connectivity index (χ0v) is 16.1. The number of benzene rings is 1. The van der Waals surface area contributed by atoms with Crippen molar-refractivity contribution in [1.29, 1.82) is 0 Å². The number of halogens is 3. The van der Waals surface area contributed by atoms with Crippen molar-refractivity contribution in [2.45, 2.75) is 56.4 Å². The normalized spacial score (nSPS) is 13.2. The fourth-order valence-electron chi connectivity index (χ4n) is 2.36. The lowest BCUT2D eigenvalue weighted by Crippen LogP contribution is -2.45. The van der Waals surface area contributed by atoms with Crippen LogP contribution < -0.4 is 0 Å². The number of esters is 2. The monoisotopic (exact) mass is 420 g/mol. The summed E-state index contributed by atoms with van der Waals surface area (Å²) in [7, 11) is 0. The molecule has 0 N–H and O–H groups in total. The summed E-state index contributed by atoms with van der Waals surface area (Å²) in [4.78, 5) is 23.8. The highest BCUT2D eigenvalue weighted by Gasteiger charge is 2.49. The molecule has 0 saturated heterocycles. The number of rotatable bonds is 9. The van der Waals surface area contributed by atoms with E-state index in [1.165, 1.54) is 19.1 Å². The Bertz CT molecular complexity index is 574. The number of carbonyl (C=O) groups is 2. The van der Waals surface area contributed by atoms with E-state index >= 15 is 0 Å². The average molecular weight is 421 g/mol. The van der Waals surface area contributed by atoms with E-state index in [-0.39, 0.29) is 12.2 Å². The summed E-state index contributed by atoms with van der Waals surface area (Å²) < 4.78 is 37.4.